The van der Waals surface area contributed by atoms with E-state index in [1.807, 2.05) is 27.0 Å². The van der Waals surface area contributed by atoms with Crippen LogP contribution in [0.1, 0.15) is 17.0 Å². The standard InChI is InChI=1S/C12H13N5/c1-7-11(8(2)17(3)16-7)10-5-4-9(6-13)12(14)15-10/h4-5H,1-3H3,(H2,14,15). The molecule has 2 aromatic rings. The van der Waals surface area contributed by atoms with Gasteiger partial charge in [-0.25, -0.2) is 4.98 Å². The van der Waals surface area contributed by atoms with Crippen LogP contribution < -0.4 is 5.73 Å². The van der Waals surface area contributed by atoms with Gasteiger partial charge in [0.05, 0.1) is 17.0 Å². The molecule has 0 fully saturated rings. The van der Waals surface area contributed by atoms with Crippen LogP contribution in [-0.4, -0.2) is 14.8 Å². The number of nitrogens with two attached hydrogens (primary N) is 1. The monoisotopic (exact) mass is 227 g/mol. The molecule has 17 heavy (non-hydrogen) atoms. The van der Waals surface area contributed by atoms with Gasteiger partial charge in [-0.3, -0.25) is 4.68 Å². The number of aryl methyl sites for hydroxylation is 2. The summed E-state index contributed by atoms with van der Waals surface area (Å²) in [6, 6.07) is 5.48. The number of hydrogen-bond donors (Lipinski definition) is 1. The topological polar surface area (TPSA) is 80.5 Å². The molecule has 0 bridgehead atoms. The van der Waals surface area contributed by atoms with Crippen LogP contribution in [-0.2, 0) is 7.05 Å². The van der Waals surface area contributed by atoms with E-state index in [0.717, 1.165) is 22.6 Å². The molecule has 0 saturated heterocycles. The zero-order chi connectivity index (χ0) is 12.6. The van der Waals surface area contributed by atoms with Gasteiger partial charge < -0.3 is 5.73 Å². The van der Waals surface area contributed by atoms with Crippen LogP contribution in [0.2, 0.25) is 0 Å². The summed E-state index contributed by atoms with van der Waals surface area (Å²) in [6.07, 6.45) is 0. The number of nitriles is 1. The highest BCUT2D eigenvalue weighted by Gasteiger charge is 2.13. The third-order valence-corrected chi connectivity index (χ3v) is 2.81. The molecule has 0 aliphatic rings. The second-order valence-corrected chi connectivity index (χ2v) is 3.91. The van der Waals surface area contributed by atoms with Crippen molar-refractivity contribution in [2.24, 2.45) is 7.05 Å². The second kappa shape index (κ2) is 3.91. The third-order valence-electron chi connectivity index (χ3n) is 2.81. The molecule has 86 valence electrons. The lowest BCUT2D eigenvalue weighted by molar-refractivity contribution is 0.731. The highest BCUT2D eigenvalue weighted by Crippen LogP contribution is 2.26. The molecule has 2 rings (SSSR count). The van der Waals surface area contributed by atoms with Gasteiger partial charge in [-0.05, 0) is 26.0 Å². The second-order valence-electron chi connectivity index (χ2n) is 3.91. The van der Waals surface area contributed by atoms with Gasteiger partial charge in [0, 0.05) is 18.3 Å². The molecule has 0 saturated carbocycles. The maximum Gasteiger partial charge on any atom is 0.142 e. The lowest BCUT2D eigenvalue weighted by atomic mass is 10.1. The molecule has 0 aromatic carbocycles. The van der Waals surface area contributed by atoms with Crippen LogP contribution in [0, 0.1) is 25.2 Å². The largest absolute Gasteiger partial charge is 0.383 e. The summed E-state index contributed by atoms with van der Waals surface area (Å²) in [6.45, 7) is 3.91. The maximum absolute atomic E-state index is 8.81. The Labute approximate surface area is 99.5 Å². The lowest BCUT2D eigenvalue weighted by Crippen LogP contribution is -1.97. The van der Waals surface area contributed by atoms with E-state index >= 15 is 0 Å². The van der Waals surface area contributed by atoms with E-state index in [9.17, 15) is 0 Å². The van der Waals surface area contributed by atoms with Crippen molar-refractivity contribution in [2.75, 3.05) is 5.73 Å². The Morgan fingerprint density at radius 3 is 2.53 bits per heavy atom. The van der Waals surface area contributed by atoms with Crippen molar-refractivity contribution in [3.8, 4) is 17.3 Å². The van der Waals surface area contributed by atoms with E-state index in [2.05, 4.69) is 10.1 Å². The molecule has 0 atom stereocenters. The number of hydrogen-bond acceptors (Lipinski definition) is 4. The predicted molar refractivity (Wildman–Crippen MR) is 65.0 cm³/mol. The van der Waals surface area contributed by atoms with E-state index in [1.165, 1.54) is 0 Å². The van der Waals surface area contributed by atoms with E-state index < -0.39 is 0 Å². The molecule has 0 aliphatic heterocycles. The Bertz CT molecular complexity index is 619. The van der Waals surface area contributed by atoms with E-state index in [0.29, 0.717) is 5.56 Å². The van der Waals surface area contributed by atoms with Gasteiger partial charge in [-0.1, -0.05) is 0 Å². The summed E-state index contributed by atoms with van der Waals surface area (Å²) in [5, 5.41) is 13.1. The molecule has 5 nitrogen and oxygen atoms in total. The number of nitrogen functional groups attached to an aromatic ring is 1. The SMILES string of the molecule is Cc1nn(C)c(C)c1-c1ccc(C#N)c(N)n1. The van der Waals surface area contributed by atoms with Gasteiger partial charge in [0.25, 0.3) is 0 Å². The fourth-order valence-electron chi connectivity index (χ4n) is 1.85. The van der Waals surface area contributed by atoms with Crippen LogP contribution in [0.25, 0.3) is 11.3 Å². The minimum absolute atomic E-state index is 0.257. The van der Waals surface area contributed by atoms with Crippen molar-refractivity contribution in [1.82, 2.24) is 14.8 Å². The molecule has 2 heterocycles. The zero-order valence-electron chi connectivity index (χ0n) is 10.0. The predicted octanol–water partition coefficient (Wildman–Crippen LogP) is 1.55. The van der Waals surface area contributed by atoms with Gasteiger partial charge in [-0.15, -0.1) is 0 Å². The molecule has 0 radical (unpaired) electrons. The van der Waals surface area contributed by atoms with Crippen molar-refractivity contribution in [3.05, 3.63) is 29.1 Å². The lowest BCUT2D eigenvalue weighted by Gasteiger charge is -2.03. The summed E-state index contributed by atoms with van der Waals surface area (Å²) in [5.74, 6) is 0.257. The zero-order valence-corrected chi connectivity index (χ0v) is 10.0. The molecular weight excluding hydrogens is 214 g/mol. The van der Waals surface area contributed by atoms with Crippen LogP contribution in [0.5, 0.6) is 0 Å². The first-order valence-corrected chi connectivity index (χ1v) is 5.21. The van der Waals surface area contributed by atoms with Crippen molar-refractivity contribution >= 4 is 5.82 Å². The van der Waals surface area contributed by atoms with E-state index in [-0.39, 0.29) is 5.82 Å². The highest BCUT2D eigenvalue weighted by atomic mass is 15.3. The third kappa shape index (κ3) is 1.74. The normalized spacial score (nSPS) is 10.2. The molecule has 0 spiro atoms. The number of rotatable bonds is 1. The number of pyridine rings is 1. The van der Waals surface area contributed by atoms with Crippen molar-refractivity contribution in [3.63, 3.8) is 0 Å². The fraction of sp³-hybridized carbons (Fsp3) is 0.250. The van der Waals surface area contributed by atoms with Crippen LogP contribution >= 0.6 is 0 Å². The van der Waals surface area contributed by atoms with Gasteiger partial charge in [-0.2, -0.15) is 10.4 Å². The van der Waals surface area contributed by atoms with Crippen molar-refractivity contribution in [2.45, 2.75) is 13.8 Å². The number of anilines is 1. The summed E-state index contributed by atoms with van der Waals surface area (Å²) < 4.78 is 1.81. The van der Waals surface area contributed by atoms with Gasteiger partial charge >= 0.3 is 0 Å². The Hall–Kier alpha value is -2.35. The van der Waals surface area contributed by atoms with Gasteiger partial charge in [0.1, 0.15) is 11.9 Å². The average Bonchev–Trinajstić information content (AvgIpc) is 2.53. The minimum Gasteiger partial charge on any atom is -0.383 e. The first-order valence-electron chi connectivity index (χ1n) is 5.21. The molecule has 2 N–H and O–H groups in total. The minimum atomic E-state index is 0.257. The Morgan fingerprint density at radius 1 is 1.35 bits per heavy atom. The molecule has 0 aliphatic carbocycles. The summed E-state index contributed by atoms with van der Waals surface area (Å²) in [4.78, 5) is 4.25. The molecule has 5 heteroatoms. The number of nitrogens with zero attached hydrogens (tertiary/aromatic N) is 4. The van der Waals surface area contributed by atoms with Gasteiger partial charge in [0.2, 0.25) is 0 Å². The van der Waals surface area contributed by atoms with E-state index in [4.69, 9.17) is 11.0 Å². The fourth-order valence-corrected chi connectivity index (χ4v) is 1.85. The van der Waals surface area contributed by atoms with Crippen LogP contribution in [0.15, 0.2) is 12.1 Å². The molecular formula is C12H13N5. The van der Waals surface area contributed by atoms with Crippen LogP contribution in [0.3, 0.4) is 0 Å². The highest BCUT2D eigenvalue weighted by molar-refractivity contribution is 5.67. The molecule has 0 amide bonds. The summed E-state index contributed by atoms with van der Waals surface area (Å²) >= 11 is 0. The maximum atomic E-state index is 8.81. The summed E-state index contributed by atoms with van der Waals surface area (Å²) in [5.41, 5.74) is 9.77. The van der Waals surface area contributed by atoms with Gasteiger partial charge in [0.15, 0.2) is 0 Å². The Morgan fingerprint density at radius 2 is 2.06 bits per heavy atom. The first-order chi connectivity index (χ1) is 8.04. The smallest absolute Gasteiger partial charge is 0.142 e. The van der Waals surface area contributed by atoms with Crippen molar-refractivity contribution in [1.29, 1.82) is 5.26 Å². The Kier molecular flexibility index (Phi) is 2.56. The molecule has 0 unspecified atom stereocenters. The first kappa shape index (κ1) is 11.1. The van der Waals surface area contributed by atoms with E-state index in [1.54, 1.807) is 16.8 Å². The average molecular weight is 227 g/mol. The Balaban J connectivity index is 2.62. The van der Waals surface area contributed by atoms with Crippen LogP contribution in [0.4, 0.5) is 5.82 Å². The van der Waals surface area contributed by atoms with Crippen molar-refractivity contribution < 1.29 is 0 Å². The molecule has 2 aromatic heterocycles. The summed E-state index contributed by atoms with van der Waals surface area (Å²) in [7, 11) is 1.89. The quantitative estimate of drug-likeness (QED) is 0.801. The number of aromatic nitrogens is 3.